The van der Waals surface area contributed by atoms with E-state index >= 15 is 0 Å². The first kappa shape index (κ1) is 27.4. The molecule has 1 N–H and O–H groups in total. The number of hydrogen-bond donors (Lipinski definition) is 1. The van der Waals surface area contributed by atoms with Crippen LogP contribution in [0.2, 0.25) is 0 Å². The van der Waals surface area contributed by atoms with Crippen molar-refractivity contribution in [2.75, 3.05) is 6.61 Å². The van der Waals surface area contributed by atoms with E-state index in [1.807, 2.05) is 61.5 Å². The van der Waals surface area contributed by atoms with Gasteiger partial charge in [-0.05, 0) is 73.4 Å². The number of aliphatic hydroxyl groups is 1. The van der Waals surface area contributed by atoms with Crippen molar-refractivity contribution in [3.8, 4) is 11.5 Å². The molecule has 9 atom stereocenters. The fourth-order valence-electron chi connectivity index (χ4n) is 9.22. The zero-order valence-corrected chi connectivity index (χ0v) is 25.0. The number of cyclic esters (lactones) is 1. The van der Waals surface area contributed by atoms with Crippen LogP contribution < -0.4 is 4.74 Å². The summed E-state index contributed by atoms with van der Waals surface area (Å²) in [6, 6.07) is 17.0. The first-order valence-corrected chi connectivity index (χ1v) is 15.6. The molecule has 2 aromatic rings. The molecule has 0 radical (unpaired) electrons. The first-order chi connectivity index (χ1) is 20.5. The first-order valence-electron chi connectivity index (χ1n) is 15.6. The number of hydrogen-bond acceptors (Lipinski definition) is 8. The highest BCUT2D eigenvalue weighted by atomic mass is 16.7. The maximum absolute atomic E-state index is 14.0. The van der Waals surface area contributed by atoms with Gasteiger partial charge in [-0.25, -0.2) is 4.79 Å². The molecule has 0 bridgehead atoms. The largest absolute Gasteiger partial charge is 0.458 e. The van der Waals surface area contributed by atoms with Gasteiger partial charge < -0.3 is 28.8 Å². The van der Waals surface area contributed by atoms with Crippen molar-refractivity contribution in [2.45, 2.75) is 94.4 Å². The van der Waals surface area contributed by atoms with Gasteiger partial charge >= 0.3 is 11.9 Å². The summed E-state index contributed by atoms with van der Waals surface area (Å²) in [6.07, 6.45) is 0.929. The van der Waals surface area contributed by atoms with Crippen LogP contribution in [0.1, 0.15) is 64.9 Å². The molecule has 6 aliphatic rings. The van der Waals surface area contributed by atoms with Gasteiger partial charge in [-0.15, -0.1) is 0 Å². The fourth-order valence-corrected chi connectivity index (χ4v) is 9.22. The lowest BCUT2D eigenvalue weighted by atomic mass is 9.44. The van der Waals surface area contributed by atoms with Crippen LogP contribution in [0.15, 0.2) is 65.7 Å². The molecule has 8 nitrogen and oxygen atoms in total. The van der Waals surface area contributed by atoms with E-state index < -0.39 is 34.2 Å². The highest BCUT2D eigenvalue weighted by molar-refractivity contribution is 5.92. The highest BCUT2D eigenvalue weighted by Gasteiger charge is 2.91. The Morgan fingerprint density at radius 2 is 1.79 bits per heavy atom. The number of epoxide rings is 2. The predicted octanol–water partition coefficient (Wildman–Crippen LogP) is 5.23. The quantitative estimate of drug-likeness (QED) is 0.362. The van der Waals surface area contributed by atoms with E-state index in [9.17, 15) is 14.7 Å². The zero-order chi connectivity index (χ0) is 29.9. The SMILES string of the molecule is CC(C(=O)OC1C2(C(C)C)OC2CC2(O)C3(C)CCC4=C(COC4=O)C3CC3OC312)c1cccc(Oc2ccccc2)c1. The number of ether oxygens (including phenoxy) is 5. The van der Waals surface area contributed by atoms with Crippen LogP contribution in [-0.4, -0.2) is 58.8 Å². The molecule has 1 spiro atoms. The summed E-state index contributed by atoms with van der Waals surface area (Å²) in [5.41, 5.74) is -1.11. The van der Waals surface area contributed by atoms with Crippen molar-refractivity contribution < 1.29 is 38.4 Å². The van der Waals surface area contributed by atoms with E-state index in [-0.39, 0.29) is 42.6 Å². The second-order valence-corrected chi connectivity index (χ2v) is 13.9. The van der Waals surface area contributed by atoms with Gasteiger partial charge in [0.05, 0.1) is 18.1 Å². The van der Waals surface area contributed by atoms with Crippen LogP contribution in [-0.2, 0) is 28.5 Å². The number of para-hydroxylation sites is 1. The Hall–Kier alpha value is -3.20. The average molecular weight is 587 g/mol. The molecule has 3 aliphatic carbocycles. The number of benzene rings is 2. The number of rotatable bonds is 6. The van der Waals surface area contributed by atoms with Gasteiger partial charge in [0.25, 0.3) is 0 Å². The second-order valence-electron chi connectivity index (χ2n) is 13.9. The fraction of sp³-hybridized carbons (Fsp3) is 0.543. The molecule has 9 unspecified atom stereocenters. The normalized spacial score (nSPS) is 40.7. The van der Waals surface area contributed by atoms with E-state index in [2.05, 4.69) is 20.8 Å². The molecule has 4 fully saturated rings. The van der Waals surface area contributed by atoms with E-state index in [1.54, 1.807) is 0 Å². The average Bonchev–Trinajstić information content (AvgIpc) is 3.87. The Kier molecular flexibility index (Phi) is 5.68. The molecule has 0 amide bonds. The Labute approximate surface area is 251 Å². The van der Waals surface area contributed by atoms with Crippen molar-refractivity contribution in [3.63, 3.8) is 0 Å². The van der Waals surface area contributed by atoms with Crippen molar-refractivity contribution in [3.05, 3.63) is 71.3 Å². The Balaban J connectivity index is 1.11. The third-order valence-electron chi connectivity index (χ3n) is 11.8. The van der Waals surface area contributed by atoms with Crippen LogP contribution in [0.3, 0.4) is 0 Å². The van der Waals surface area contributed by atoms with Crippen LogP contribution >= 0.6 is 0 Å². The minimum Gasteiger partial charge on any atom is -0.458 e. The Bertz CT molecular complexity index is 1550. The maximum atomic E-state index is 14.0. The molecule has 8 heteroatoms. The number of fused-ring (bicyclic) bond motifs is 4. The van der Waals surface area contributed by atoms with Gasteiger partial charge in [0.15, 0.2) is 11.7 Å². The zero-order valence-electron chi connectivity index (χ0n) is 25.0. The second kappa shape index (κ2) is 8.93. The van der Waals surface area contributed by atoms with Gasteiger partial charge in [-0.3, -0.25) is 4.79 Å². The number of carbonyl (C=O) groups excluding carboxylic acids is 2. The van der Waals surface area contributed by atoms with Crippen LogP contribution in [0.25, 0.3) is 0 Å². The molecule has 226 valence electrons. The third-order valence-corrected chi connectivity index (χ3v) is 11.8. The van der Waals surface area contributed by atoms with Crippen molar-refractivity contribution in [2.24, 2.45) is 17.3 Å². The van der Waals surface area contributed by atoms with Gasteiger partial charge in [-0.2, -0.15) is 0 Å². The molecule has 8 rings (SSSR count). The van der Waals surface area contributed by atoms with Crippen LogP contribution in [0.5, 0.6) is 11.5 Å². The molecule has 3 aliphatic heterocycles. The minimum absolute atomic E-state index is 0.0405. The smallest absolute Gasteiger partial charge is 0.334 e. The Morgan fingerprint density at radius 3 is 2.56 bits per heavy atom. The lowest BCUT2D eigenvalue weighted by Gasteiger charge is -2.60. The standard InChI is InChI=1S/C35H38O8/c1-19(2)34-28(42-34)17-33(38)32(4)14-13-24-25(18-39-30(24)37)26(32)16-27-35(33,43-27)31(34)41-29(36)20(3)21-9-8-12-23(15-21)40-22-10-6-5-7-11-22/h5-12,15,19-20,26-28,31,38H,13-14,16-18H2,1-4H3. The van der Waals surface area contributed by atoms with E-state index in [0.717, 1.165) is 16.7 Å². The molecule has 2 aromatic carbocycles. The summed E-state index contributed by atoms with van der Waals surface area (Å²) in [5, 5.41) is 12.9. The van der Waals surface area contributed by atoms with E-state index in [4.69, 9.17) is 23.7 Å². The van der Waals surface area contributed by atoms with Crippen molar-refractivity contribution in [1.82, 2.24) is 0 Å². The lowest BCUT2D eigenvalue weighted by Crippen LogP contribution is -2.74. The lowest BCUT2D eigenvalue weighted by molar-refractivity contribution is -0.222. The molecule has 0 aromatic heterocycles. The van der Waals surface area contributed by atoms with E-state index in [0.29, 0.717) is 37.2 Å². The highest BCUT2D eigenvalue weighted by Crippen LogP contribution is 2.76. The summed E-state index contributed by atoms with van der Waals surface area (Å²) >= 11 is 0. The summed E-state index contributed by atoms with van der Waals surface area (Å²) in [4.78, 5) is 26.4. The summed E-state index contributed by atoms with van der Waals surface area (Å²) in [5.74, 6) is 0.150. The van der Waals surface area contributed by atoms with Gasteiger partial charge in [0.1, 0.15) is 29.3 Å². The third kappa shape index (κ3) is 3.48. The van der Waals surface area contributed by atoms with Crippen molar-refractivity contribution >= 4 is 11.9 Å². The molecular weight excluding hydrogens is 548 g/mol. The topological polar surface area (TPSA) is 107 Å². The van der Waals surface area contributed by atoms with Gasteiger partial charge in [0.2, 0.25) is 0 Å². The minimum atomic E-state index is -1.30. The van der Waals surface area contributed by atoms with Gasteiger partial charge in [0, 0.05) is 17.4 Å². The number of esters is 2. The summed E-state index contributed by atoms with van der Waals surface area (Å²) in [6.45, 7) is 8.40. The van der Waals surface area contributed by atoms with E-state index in [1.165, 1.54) is 0 Å². The monoisotopic (exact) mass is 586 g/mol. The molecule has 43 heavy (non-hydrogen) atoms. The number of carbonyl (C=O) groups is 2. The summed E-state index contributed by atoms with van der Waals surface area (Å²) in [7, 11) is 0. The molecule has 2 saturated heterocycles. The Morgan fingerprint density at radius 1 is 1.02 bits per heavy atom. The van der Waals surface area contributed by atoms with Crippen LogP contribution in [0.4, 0.5) is 0 Å². The maximum Gasteiger partial charge on any atom is 0.334 e. The van der Waals surface area contributed by atoms with Gasteiger partial charge in [-0.1, -0.05) is 51.1 Å². The molecular formula is C35H38O8. The molecule has 3 heterocycles. The predicted molar refractivity (Wildman–Crippen MR) is 154 cm³/mol. The summed E-state index contributed by atoms with van der Waals surface area (Å²) < 4.78 is 31.0. The van der Waals surface area contributed by atoms with Crippen LogP contribution in [0, 0.1) is 17.3 Å². The van der Waals surface area contributed by atoms with Crippen molar-refractivity contribution in [1.29, 1.82) is 0 Å². The molecule has 2 saturated carbocycles.